The summed E-state index contributed by atoms with van der Waals surface area (Å²) in [4.78, 5) is 12.9. The molecule has 1 heterocycles. The monoisotopic (exact) mass is 380 g/mol. The van der Waals surface area contributed by atoms with Crippen LogP contribution in [0.4, 0.5) is 0 Å². The van der Waals surface area contributed by atoms with Crippen LogP contribution in [-0.2, 0) is 4.74 Å². The van der Waals surface area contributed by atoms with Crippen LogP contribution < -0.4 is 0 Å². The number of hydrogen-bond acceptors (Lipinski definition) is 3. The summed E-state index contributed by atoms with van der Waals surface area (Å²) in [6.07, 6.45) is 3.10. The molecule has 1 fully saturated rings. The zero-order chi connectivity index (χ0) is 12.4. The summed E-state index contributed by atoms with van der Waals surface area (Å²) in [5.41, 5.74) is 0. The van der Waals surface area contributed by atoms with E-state index in [0.717, 1.165) is 33.3 Å². The molecule has 2 rings (SSSR count). The molecule has 94 valence electrons. The number of ether oxygens (including phenoxy) is 1. The molecule has 1 saturated carbocycles. The first-order chi connectivity index (χ1) is 8.11. The average Bonchev–Trinajstić information content (AvgIpc) is 2.57. The van der Waals surface area contributed by atoms with E-state index in [1.807, 2.05) is 12.3 Å². The number of hydrogen-bond donors (Lipinski definition) is 0. The van der Waals surface area contributed by atoms with Gasteiger partial charge in [0, 0.05) is 22.9 Å². The topological polar surface area (TPSA) is 26.3 Å². The fourth-order valence-electron chi connectivity index (χ4n) is 2.08. The van der Waals surface area contributed by atoms with Crippen molar-refractivity contribution in [3.63, 3.8) is 0 Å². The lowest BCUT2D eigenvalue weighted by Gasteiger charge is -2.34. The van der Waals surface area contributed by atoms with Crippen molar-refractivity contribution in [2.45, 2.75) is 32.3 Å². The third-order valence-corrected chi connectivity index (χ3v) is 6.58. The molecule has 5 heteroatoms. The molecule has 0 aromatic carbocycles. The zero-order valence-corrected chi connectivity index (χ0v) is 13.5. The van der Waals surface area contributed by atoms with E-state index in [9.17, 15) is 4.79 Å². The highest BCUT2D eigenvalue weighted by Gasteiger charge is 2.32. The van der Waals surface area contributed by atoms with Crippen molar-refractivity contribution in [1.29, 1.82) is 0 Å². The van der Waals surface area contributed by atoms with Crippen molar-refractivity contribution in [3.8, 4) is 0 Å². The SMILES string of the molecule is CCOC1CC(CC(=O)c2scc(Br)c2Br)C1. The van der Waals surface area contributed by atoms with Gasteiger partial charge in [-0.15, -0.1) is 11.3 Å². The van der Waals surface area contributed by atoms with Crippen molar-refractivity contribution in [2.75, 3.05) is 6.61 Å². The van der Waals surface area contributed by atoms with E-state index >= 15 is 0 Å². The van der Waals surface area contributed by atoms with Gasteiger partial charge in [0.25, 0.3) is 0 Å². The van der Waals surface area contributed by atoms with Gasteiger partial charge in [0.2, 0.25) is 0 Å². The maximum Gasteiger partial charge on any atom is 0.174 e. The third kappa shape index (κ3) is 3.19. The largest absolute Gasteiger partial charge is 0.378 e. The van der Waals surface area contributed by atoms with Gasteiger partial charge in [-0.25, -0.2) is 0 Å². The Morgan fingerprint density at radius 1 is 1.53 bits per heavy atom. The van der Waals surface area contributed by atoms with Crippen LogP contribution >= 0.6 is 43.2 Å². The van der Waals surface area contributed by atoms with E-state index in [-0.39, 0.29) is 5.78 Å². The summed E-state index contributed by atoms with van der Waals surface area (Å²) in [7, 11) is 0. The molecule has 0 bridgehead atoms. The van der Waals surface area contributed by atoms with Gasteiger partial charge < -0.3 is 4.74 Å². The van der Waals surface area contributed by atoms with Gasteiger partial charge in [0.05, 0.1) is 15.5 Å². The molecule has 0 N–H and O–H groups in total. The van der Waals surface area contributed by atoms with E-state index < -0.39 is 0 Å². The summed E-state index contributed by atoms with van der Waals surface area (Å²) in [6.45, 7) is 2.79. The quantitative estimate of drug-likeness (QED) is 0.693. The fraction of sp³-hybridized carbons (Fsp3) is 0.583. The number of rotatable bonds is 5. The number of carbonyl (C=O) groups is 1. The molecule has 0 unspecified atom stereocenters. The molecule has 1 aromatic heterocycles. The maximum atomic E-state index is 12.1. The van der Waals surface area contributed by atoms with Gasteiger partial charge in [-0.1, -0.05) is 0 Å². The summed E-state index contributed by atoms with van der Waals surface area (Å²) in [5.74, 6) is 0.749. The second-order valence-electron chi connectivity index (χ2n) is 4.27. The second-order valence-corrected chi connectivity index (χ2v) is 6.80. The molecule has 1 aliphatic rings. The predicted molar refractivity (Wildman–Crippen MR) is 76.8 cm³/mol. The van der Waals surface area contributed by atoms with E-state index in [0.29, 0.717) is 18.4 Å². The molecule has 0 radical (unpaired) electrons. The lowest BCUT2D eigenvalue weighted by molar-refractivity contribution is -0.0245. The lowest BCUT2D eigenvalue weighted by atomic mass is 9.79. The van der Waals surface area contributed by atoms with Crippen LogP contribution in [0.2, 0.25) is 0 Å². The Kier molecular flexibility index (Phi) is 4.80. The molecule has 1 aliphatic carbocycles. The maximum absolute atomic E-state index is 12.1. The van der Waals surface area contributed by atoms with Gasteiger partial charge in [0.15, 0.2) is 5.78 Å². The number of thiophene rings is 1. The van der Waals surface area contributed by atoms with Gasteiger partial charge in [-0.2, -0.15) is 0 Å². The summed E-state index contributed by atoms with van der Waals surface area (Å²) < 4.78 is 7.36. The second kappa shape index (κ2) is 5.95. The summed E-state index contributed by atoms with van der Waals surface area (Å²) in [5, 5.41) is 1.95. The first-order valence-electron chi connectivity index (χ1n) is 5.69. The lowest BCUT2D eigenvalue weighted by Crippen LogP contribution is -2.32. The predicted octanol–water partition coefficient (Wildman–Crippen LogP) is 4.66. The van der Waals surface area contributed by atoms with Crippen LogP contribution in [0.15, 0.2) is 14.3 Å². The Bertz CT molecular complexity index is 411. The number of Topliss-reactive ketones (excluding diaryl/α,β-unsaturated/α-hetero) is 1. The van der Waals surface area contributed by atoms with E-state index in [2.05, 4.69) is 31.9 Å². The molecule has 0 amide bonds. The number of ketones is 1. The first-order valence-corrected chi connectivity index (χ1v) is 8.15. The van der Waals surface area contributed by atoms with Crippen molar-refractivity contribution in [2.24, 2.45) is 5.92 Å². The molecule has 1 aromatic rings. The van der Waals surface area contributed by atoms with Gasteiger partial charge in [0.1, 0.15) is 0 Å². The Morgan fingerprint density at radius 2 is 2.24 bits per heavy atom. The minimum Gasteiger partial charge on any atom is -0.378 e. The van der Waals surface area contributed by atoms with Crippen LogP contribution in [0.1, 0.15) is 35.9 Å². The normalized spacial score (nSPS) is 23.5. The highest BCUT2D eigenvalue weighted by Crippen LogP contribution is 2.37. The highest BCUT2D eigenvalue weighted by molar-refractivity contribution is 9.13. The van der Waals surface area contributed by atoms with Gasteiger partial charge in [-0.3, -0.25) is 4.79 Å². The van der Waals surface area contributed by atoms with Crippen molar-refractivity contribution in [3.05, 3.63) is 19.2 Å². The van der Waals surface area contributed by atoms with Crippen molar-refractivity contribution in [1.82, 2.24) is 0 Å². The molecular formula is C12H14Br2O2S. The first kappa shape index (κ1) is 13.7. The Morgan fingerprint density at radius 3 is 2.76 bits per heavy atom. The fourth-order valence-corrected chi connectivity index (χ4v) is 4.22. The van der Waals surface area contributed by atoms with E-state index in [4.69, 9.17) is 4.74 Å². The van der Waals surface area contributed by atoms with Crippen LogP contribution in [0.5, 0.6) is 0 Å². The minimum atomic E-state index is 0.243. The standard InChI is InChI=1S/C12H14Br2O2S/c1-2-16-8-3-7(4-8)5-10(15)12-11(14)9(13)6-17-12/h6-8H,2-5H2,1H3. The Balaban J connectivity index is 1.85. The average molecular weight is 382 g/mol. The van der Waals surface area contributed by atoms with Gasteiger partial charge in [-0.05, 0) is 57.5 Å². The third-order valence-electron chi connectivity index (χ3n) is 3.01. The highest BCUT2D eigenvalue weighted by atomic mass is 79.9. The van der Waals surface area contributed by atoms with Gasteiger partial charge >= 0.3 is 0 Å². The van der Waals surface area contributed by atoms with E-state index in [1.165, 1.54) is 11.3 Å². The molecule has 0 saturated heterocycles. The Labute approximate surface area is 122 Å². The van der Waals surface area contributed by atoms with Crippen LogP contribution in [0.3, 0.4) is 0 Å². The molecule has 17 heavy (non-hydrogen) atoms. The van der Waals surface area contributed by atoms with Crippen molar-refractivity contribution >= 4 is 49.0 Å². The Hall–Kier alpha value is 0.290. The zero-order valence-electron chi connectivity index (χ0n) is 9.54. The van der Waals surface area contributed by atoms with Crippen molar-refractivity contribution < 1.29 is 9.53 Å². The van der Waals surface area contributed by atoms with Crippen LogP contribution in [0, 0.1) is 5.92 Å². The molecule has 0 aliphatic heterocycles. The smallest absolute Gasteiger partial charge is 0.174 e. The number of carbonyl (C=O) groups excluding carboxylic acids is 1. The van der Waals surface area contributed by atoms with Crippen LogP contribution in [-0.4, -0.2) is 18.5 Å². The molecule has 0 atom stereocenters. The molecule has 0 spiro atoms. The minimum absolute atomic E-state index is 0.243. The van der Waals surface area contributed by atoms with Crippen LogP contribution in [0.25, 0.3) is 0 Å². The van der Waals surface area contributed by atoms with E-state index in [1.54, 1.807) is 0 Å². The summed E-state index contributed by atoms with van der Waals surface area (Å²) >= 11 is 8.34. The molecule has 2 nitrogen and oxygen atoms in total. The molecular weight excluding hydrogens is 368 g/mol. The number of halogens is 2. The summed E-state index contributed by atoms with van der Waals surface area (Å²) in [6, 6.07) is 0.